The molecule has 8 nitrogen and oxygen atoms in total. The number of hydrogen-bond donors (Lipinski definition) is 2. The third kappa shape index (κ3) is 5.04. The second-order valence-electron chi connectivity index (χ2n) is 6.65. The van der Waals surface area contributed by atoms with Gasteiger partial charge in [-0.3, -0.25) is 4.79 Å². The van der Waals surface area contributed by atoms with Crippen LogP contribution >= 0.6 is 0 Å². The van der Waals surface area contributed by atoms with Crippen LogP contribution in [0, 0.1) is 12.8 Å². The van der Waals surface area contributed by atoms with Gasteiger partial charge in [0.15, 0.2) is 0 Å². The fraction of sp³-hybridized carbons (Fsp3) is 0.647. The van der Waals surface area contributed by atoms with Gasteiger partial charge in [-0.05, 0) is 31.2 Å². The molecule has 0 unspecified atom stereocenters. The van der Waals surface area contributed by atoms with E-state index in [0.29, 0.717) is 19.0 Å². The summed E-state index contributed by atoms with van der Waals surface area (Å²) in [5.41, 5.74) is 0.997. The van der Waals surface area contributed by atoms with E-state index in [1.54, 1.807) is 12.4 Å². The molecule has 0 radical (unpaired) electrons. The van der Waals surface area contributed by atoms with Crippen molar-refractivity contribution >= 4 is 17.9 Å². The molecule has 1 aromatic heterocycles. The van der Waals surface area contributed by atoms with Gasteiger partial charge in [0.05, 0.1) is 7.11 Å². The van der Waals surface area contributed by atoms with E-state index in [1.807, 2.05) is 25.7 Å². The van der Waals surface area contributed by atoms with E-state index in [0.717, 1.165) is 18.4 Å². The number of anilines is 1. The number of nitrogens with zero attached hydrogens (tertiary/aromatic N) is 3. The Morgan fingerprint density at radius 1 is 1.36 bits per heavy atom. The Bertz CT molecular complexity index is 590. The minimum absolute atomic E-state index is 0.0266. The van der Waals surface area contributed by atoms with E-state index in [2.05, 4.69) is 25.3 Å². The number of aryl methyl sites for hydroxylation is 1. The number of aromatic nitrogens is 2. The second kappa shape index (κ2) is 8.64. The van der Waals surface area contributed by atoms with Crippen LogP contribution in [0.5, 0.6) is 0 Å². The zero-order chi connectivity index (χ0) is 18.4. The van der Waals surface area contributed by atoms with Gasteiger partial charge in [-0.1, -0.05) is 13.8 Å². The third-order valence-corrected chi connectivity index (χ3v) is 4.33. The van der Waals surface area contributed by atoms with Crippen LogP contribution in [0.25, 0.3) is 0 Å². The van der Waals surface area contributed by atoms with Gasteiger partial charge < -0.3 is 20.3 Å². The van der Waals surface area contributed by atoms with E-state index in [4.69, 9.17) is 0 Å². The highest BCUT2D eigenvalue weighted by Crippen LogP contribution is 2.20. The lowest BCUT2D eigenvalue weighted by atomic mass is 10.0. The highest BCUT2D eigenvalue weighted by molar-refractivity contribution is 5.86. The van der Waals surface area contributed by atoms with E-state index in [1.165, 1.54) is 7.11 Å². The first kappa shape index (κ1) is 19.0. The van der Waals surface area contributed by atoms with Crippen LogP contribution in [0.1, 0.15) is 32.3 Å². The molecule has 0 spiro atoms. The number of hydrogen-bond acceptors (Lipinski definition) is 6. The lowest BCUT2D eigenvalue weighted by Gasteiger charge is -2.30. The first-order chi connectivity index (χ1) is 11.9. The van der Waals surface area contributed by atoms with E-state index >= 15 is 0 Å². The Hall–Kier alpha value is -2.38. The van der Waals surface area contributed by atoms with Gasteiger partial charge in [0.2, 0.25) is 11.9 Å². The Morgan fingerprint density at radius 2 is 2.04 bits per heavy atom. The number of amides is 2. The number of alkyl carbamates (subject to hydrolysis) is 1. The van der Waals surface area contributed by atoms with Crippen molar-refractivity contribution in [3.8, 4) is 0 Å². The fourth-order valence-corrected chi connectivity index (χ4v) is 2.91. The van der Waals surface area contributed by atoms with Gasteiger partial charge in [-0.25, -0.2) is 14.8 Å². The second-order valence-corrected chi connectivity index (χ2v) is 6.65. The standard InChI is InChI=1S/C17H27N5O3/c1-11(2)14(21-17(24)25-4)15(23)22-7-5-6-13(22)10-20-16-18-8-12(3)9-19-16/h8-9,11,13-14H,5-7,10H2,1-4H3,(H,21,24)(H,18,19,20)/t13-,14-/m0/s1. The van der Waals surface area contributed by atoms with Crippen molar-refractivity contribution < 1.29 is 14.3 Å². The predicted octanol–water partition coefficient (Wildman–Crippen LogP) is 1.57. The number of carbonyl (C=O) groups excluding carboxylic acids is 2. The molecule has 1 fully saturated rings. The van der Waals surface area contributed by atoms with Crippen molar-refractivity contribution in [2.24, 2.45) is 5.92 Å². The molecule has 2 N–H and O–H groups in total. The SMILES string of the molecule is COC(=O)N[C@H](C(=O)N1CCC[C@H]1CNc1ncc(C)cn1)C(C)C. The van der Waals surface area contributed by atoms with Gasteiger partial charge in [-0.15, -0.1) is 0 Å². The topological polar surface area (TPSA) is 96.5 Å². The van der Waals surface area contributed by atoms with Gasteiger partial charge >= 0.3 is 6.09 Å². The molecule has 1 aliphatic rings. The zero-order valence-electron chi connectivity index (χ0n) is 15.3. The molecular weight excluding hydrogens is 322 g/mol. The van der Waals surface area contributed by atoms with Gasteiger partial charge in [0.1, 0.15) is 6.04 Å². The molecule has 1 saturated heterocycles. The summed E-state index contributed by atoms with van der Waals surface area (Å²) in [4.78, 5) is 34.7. The fourth-order valence-electron chi connectivity index (χ4n) is 2.91. The number of likely N-dealkylation sites (tertiary alicyclic amines) is 1. The smallest absolute Gasteiger partial charge is 0.407 e. The van der Waals surface area contributed by atoms with Crippen molar-refractivity contribution in [1.29, 1.82) is 0 Å². The normalized spacial score (nSPS) is 18.1. The molecule has 2 amide bonds. The van der Waals surface area contributed by atoms with Crippen molar-refractivity contribution in [2.45, 2.75) is 45.7 Å². The molecule has 2 atom stereocenters. The van der Waals surface area contributed by atoms with Gasteiger partial charge in [-0.2, -0.15) is 0 Å². The minimum atomic E-state index is -0.594. The summed E-state index contributed by atoms with van der Waals surface area (Å²) in [6, 6.07) is -0.540. The van der Waals surface area contributed by atoms with Crippen LogP contribution in [0.4, 0.5) is 10.7 Å². The average Bonchev–Trinajstić information content (AvgIpc) is 3.06. The number of nitrogens with one attached hydrogen (secondary N) is 2. The molecule has 0 aliphatic carbocycles. The molecule has 2 heterocycles. The number of carbonyl (C=O) groups is 2. The minimum Gasteiger partial charge on any atom is -0.453 e. The zero-order valence-corrected chi connectivity index (χ0v) is 15.3. The van der Waals surface area contributed by atoms with Crippen LogP contribution in [0.2, 0.25) is 0 Å². The Labute approximate surface area is 148 Å². The number of ether oxygens (including phenoxy) is 1. The maximum Gasteiger partial charge on any atom is 0.407 e. The first-order valence-corrected chi connectivity index (χ1v) is 8.60. The molecule has 8 heteroatoms. The summed E-state index contributed by atoms with van der Waals surface area (Å²) in [6.07, 6.45) is 4.77. The van der Waals surface area contributed by atoms with Crippen LogP contribution in [0.15, 0.2) is 12.4 Å². The van der Waals surface area contributed by atoms with Crippen molar-refractivity contribution in [1.82, 2.24) is 20.2 Å². The number of methoxy groups -OCH3 is 1. The molecule has 1 aromatic rings. The summed E-state index contributed by atoms with van der Waals surface area (Å²) >= 11 is 0. The predicted molar refractivity (Wildman–Crippen MR) is 94.2 cm³/mol. The largest absolute Gasteiger partial charge is 0.453 e. The Morgan fingerprint density at radius 3 is 2.64 bits per heavy atom. The van der Waals surface area contributed by atoms with Crippen LogP contribution < -0.4 is 10.6 Å². The third-order valence-electron chi connectivity index (χ3n) is 4.33. The van der Waals surface area contributed by atoms with E-state index in [-0.39, 0.29) is 17.9 Å². The average molecular weight is 349 g/mol. The van der Waals surface area contributed by atoms with Crippen molar-refractivity contribution in [3.05, 3.63) is 18.0 Å². The summed E-state index contributed by atoms with van der Waals surface area (Å²) in [5, 5.41) is 5.84. The monoisotopic (exact) mass is 349 g/mol. The maximum atomic E-state index is 12.9. The lowest BCUT2D eigenvalue weighted by Crippen LogP contribution is -2.53. The molecule has 0 bridgehead atoms. The summed E-state index contributed by atoms with van der Waals surface area (Å²) < 4.78 is 4.64. The molecule has 0 aromatic carbocycles. The van der Waals surface area contributed by atoms with E-state index in [9.17, 15) is 9.59 Å². The quantitative estimate of drug-likeness (QED) is 0.809. The highest BCUT2D eigenvalue weighted by Gasteiger charge is 2.35. The molecular formula is C17H27N5O3. The molecule has 2 rings (SSSR count). The van der Waals surface area contributed by atoms with Gasteiger partial charge in [0.25, 0.3) is 0 Å². The summed E-state index contributed by atoms with van der Waals surface area (Å²) in [5.74, 6) is 0.453. The lowest BCUT2D eigenvalue weighted by molar-refractivity contribution is -0.135. The highest BCUT2D eigenvalue weighted by atomic mass is 16.5. The summed E-state index contributed by atoms with van der Waals surface area (Å²) in [6.45, 7) is 7.01. The first-order valence-electron chi connectivity index (χ1n) is 8.60. The molecule has 0 saturated carbocycles. The summed E-state index contributed by atoms with van der Waals surface area (Å²) in [7, 11) is 1.29. The van der Waals surface area contributed by atoms with Gasteiger partial charge in [0, 0.05) is 31.5 Å². The molecule has 138 valence electrons. The maximum absolute atomic E-state index is 12.9. The molecule has 1 aliphatic heterocycles. The van der Waals surface area contributed by atoms with Crippen molar-refractivity contribution in [3.63, 3.8) is 0 Å². The van der Waals surface area contributed by atoms with Crippen molar-refractivity contribution in [2.75, 3.05) is 25.5 Å². The Kier molecular flexibility index (Phi) is 6.55. The Balaban J connectivity index is 1.99. The van der Waals surface area contributed by atoms with Crippen LogP contribution in [-0.2, 0) is 9.53 Å². The van der Waals surface area contributed by atoms with E-state index < -0.39 is 12.1 Å². The molecule has 25 heavy (non-hydrogen) atoms. The van der Waals surface area contributed by atoms with Crippen LogP contribution in [-0.4, -0.2) is 59.2 Å². The number of rotatable bonds is 6. The van der Waals surface area contributed by atoms with Crippen LogP contribution in [0.3, 0.4) is 0 Å².